The molecule has 0 atom stereocenters. The Morgan fingerprint density at radius 3 is 1.56 bits per heavy atom. The van der Waals surface area contributed by atoms with E-state index in [-0.39, 0.29) is 21.7 Å². The highest BCUT2D eigenvalue weighted by Crippen LogP contribution is 2.49. The fourth-order valence-electron chi connectivity index (χ4n) is 10.8. The number of anilines is 4. The van der Waals surface area contributed by atoms with Crippen LogP contribution in [-0.2, 0) is 21.7 Å². The molecule has 0 saturated carbocycles. The predicted octanol–water partition coefficient (Wildman–Crippen LogP) is 17.5. The first-order chi connectivity index (χ1) is 34.6. The van der Waals surface area contributed by atoms with E-state index < -0.39 is 0 Å². The van der Waals surface area contributed by atoms with Crippen molar-refractivity contribution >= 4 is 44.6 Å². The number of nitrogens with zero attached hydrogens (tertiary/aromatic N) is 4. The standard InChI is InChI=1S/C67H64N4O/c1-64(2,3)49-32-35-60-62(41-49)69(45-70(60)54-39-51(66(6,7)47-24-15-11-16-25-47)38-52(40-54)67(8,9)48-26-17-12-18-27-48)53-28-21-29-55(43-53)72-56-33-34-58-57-30-19-20-31-59(57)71(61(58)44-56)63-42-50(36-37-68-63)65(4,5)46-22-13-10-14-23-46/h10-44H,45H2,1-9H3. The van der Waals surface area contributed by atoms with Gasteiger partial charge in [0.1, 0.15) is 24.0 Å². The lowest BCUT2D eigenvalue weighted by Crippen LogP contribution is -2.27. The number of pyridine rings is 1. The third-order valence-electron chi connectivity index (χ3n) is 15.6. The Morgan fingerprint density at radius 2 is 0.931 bits per heavy atom. The maximum absolute atomic E-state index is 6.90. The number of para-hydroxylation sites is 1. The van der Waals surface area contributed by atoms with Crippen LogP contribution in [0.4, 0.5) is 22.7 Å². The lowest BCUT2D eigenvalue weighted by atomic mass is 9.73. The van der Waals surface area contributed by atoms with E-state index in [2.05, 4.69) is 283 Å². The van der Waals surface area contributed by atoms with Gasteiger partial charge in [0.05, 0.1) is 22.4 Å². The van der Waals surface area contributed by atoms with E-state index in [9.17, 15) is 0 Å². The summed E-state index contributed by atoms with van der Waals surface area (Å²) in [4.78, 5) is 9.95. The average molecular weight is 941 g/mol. The topological polar surface area (TPSA) is 33.5 Å². The molecule has 0 radical (unpaired) electrons. The van der Waals surface area contributed by atoms with Crippen LogP contribution in [0.5, 0.6) is 11.5 Å². The van der Waals surface area contributed by atoms with E-state index in [0.29, 0.717) is 6.67 Å². The van der Waals surface area contributed by atoms with E-state index in [0.717, 1.165) is 39.4 Å². The van der Waals surface area contributed by atoms with Crippen molar-refractivity contribution in [2.75, 3.05) is 16.5 Å². The second-order valence-electron chi connectivity index (χ2n) is 22.2. The molecule has 0 fully saturated rings. The Bertz CT molecular complexity index is 3530. The normalized spacial score (nSPS) is 13.2. The van der Waals surface area contributed by atoms with Crippen LogP contribution in [-0.4, -0.2) is 16.2 Å². The van der Waals surface area contributed by atoms with Crippen LogP contribution in [0.2, 0.25) is 0 Å². The fraction of sp³-hybridized carbons (Fsp3) is 0.209. The van der Waals surface area contributed by atoms with Crippen LogP contribution >= 0.6 is 0 Å². The maximum atomic E-state index is 6.90. The largest absolute Gasteiger partial charge is 0.457 e. The SMILES string of the molecule is CC(C)(C)c1ccc2c(c1)N(c1cccc(Oc3ccc4c5ccccc5n(-c5cc(C(C)(C)c6ccccc6)ccn5)c4c3)c1)CN2c1cc(C(C)(C)c2ccccc2)cc(C(C)(C)c2ccccc2)c1. The molecule has 3 heterocycles. The van der Waals surface area contributed by atoms with Crippen molar-refractivity contribution in [3.05, 3.63) is 251 Å². The quantitative estimate of drug-likeness (QED) is 0.129. The zero-order valence-corrected chi connectivity index (χ0v) is 43.1. The first-order valence-electron chi connectivity index (χ1n) is 25.4. The zero-order chi connectivity index (χ0) is 50.0. The smallest absolute Gasteiger partial charge is 0.137 e. The molecule has 1 aliphatic rings. The number of aromatic nitrogens is 2. The van der Waals surface area contributed by atoms with Crippen LogP contribution < -0.4 is 14.5 Å². The first-order valence-corrected chi connectivity index (χ1v) is 25.4. The Hall–Kier alpha value is -7.89. The number of benzene rings is 8. The molecule has 0 spiro atoms. The molecule has 10 aromatic rings. The molecule has 0 bridgehead atoms. The molecule has 0 aliphatic carbocycles. The van der Waals surface area contributed by atoms with Gasteiger partial charge in [0.2, 0.25) is 0 Å². The van der Waals surface area contributed by atoms with Crippen molar-refractivity contribution in [2.45, 2.75) is 84.0 Å². The molecule has 0 amide bonds. The van der Waals surface area contributed by atoms with Gasteiger partial charge in [0, 0.05) is 56.7 Å². The Balaban J connectivity index is 0.981. The summed E-state index contributed by atoms with van der Waals surface area (Å²) in [5.74, 6) is 2.40. The molecular weight excluding hydrogens is 877 g/mol. The summed E-state index contributed by atoms with van der Waals surface area (Å²) >= 11 is 0. The van der Waals surface area contributed by atoms with E-state index in [1.54, 1.807) is 0 Å². The highest BCUT2D eigenvalue weighted by atomic mass is 16.5. The second kappa shape index (κ2) is 17.8. The van der Waals surface area contributed by atoms with Gasteiger partial charge in [-0.2, -0.15) is 0 Å². The predicted molar refractivity (Wildman–Crippen MR) is 302 cm³/mol. The summed E-state index contributed by atoms with van der Waals surface area (Å²) in [6.07, 6.45) is 1.94. The van der Waals surface area contributed by atoms with E-state index in [1.807, 2.05) is 6.20 Å². The molecule has 0 saturated heterocycles. The molecule has 0 N–H and O–H groups in total. The van der Waals surface area contributed by atoms with Crippen LogP contribution in [0.15, 0.2) is 212 Å². The molecule has 5 heteroatoms. The summed E-state index contributed by atoms with van der Waals surface area (Å²) in [6.45, 7) is 21.5. The summed E-state index contributed by atoms with van der Waals surface area (Å²) in [5.41, 5.74) is 14.8. The Kier molecular flexibility index (Phi) is 11.5. The zero-order valence-electron chi connectivity index (χ0n) is 43.1. The molecule has 8 aromatic carbocycles. The Morgan fingerprint density at radius 1 is 0.375 bits per heavy atom. The van der Waals surface area contributed by atoms with Crippen LogP contribution in [0, 0.1) is 0 Å². The number of rotatable bonds is 11. The molecule has 1 aliphatic heterocycles. The summed E-state index contributed by atoms with van der Waals surface area (Å²) in [7, 11) is 0. The van der Waals surface area contributed by atoms with Crippen molar-refractivity contribution in [1.82, 2.24) is 9.55 Å². The number of hydrogen-bond acceptors (Lipinski definition) is 4. The van der Waals surface area contributed by atoms with Gasteiger partial charge >= 0.3 is 0 Å². The minimum Gasteiger partial charge on any atom is -0.457 e. The van der Waals surface area contributed by atoms with E-state index in [1.165, 1.54) is 61.4 Å². The van der Waals surface area contributed by atoms with Gasteiger partial charge in [0.25, 0.3) is 0 Å². The van der Waals surface area contributed by atoms with E-state index in [4.69, 9.17) is 9.72 Å². The van der Waals surface area contributed by atoms with Crippen molar-refractivity contribution in [3.63, 3.8) is 0 Å². The summed E-state index contributed by atoms with van der Waals surface area (Å²) < 4.78 is 9.18. The van der Waals surface area contributed by atoms with Gasteiger partial charge in [-0.25, -0.2) is 4.98 Å². The molecule has 2 aromatic heterocycles. The lowest BCUT2D eigenvalue weighted by Gasteiger charge is -2.33. The minimum atomic E-state index is -0.250. The van der Waals surface area contributed by atoms with Gasteiger partial charge in [-0.15, -0.1) is 0 Å². The van der Waals surface area contributed by atoms with Crippen LogP contribution in [0.3, 0.4) is 0 Å². The summed E-state index contributed by atoms with van der Waals surface area (Å²) in [6, 6.07) is 74.9. The van der Waals surface area contributed by atoms with Gasteiger partial charge in [-0.3, -0.25) is 4.57 Å². The molecule has 5 nitrogen and oxygen atoms in total. The van der Waals surface area contributed by atoms with Gasteiger partial charge in [0.15, 0.2) is 0 Å². The second-order valence-corrected chi connectivity index (χ2v) is 22.2. The minimum absolute atomic E-state index is 0.0401. The van der Waals surface area contributed by atoms with Crippen molar-refractivity contribution in [3.8, 4) is 17.3 Å². The Labute approximate surface area is 426 Å². The molecule has 0 unspecified atom stereocenters. The lowest BCUT2D eigenvalue weighted by molar-refractivity contribution is 0.483. The highest BCUT2D eigenvalue weighted by molar-refractivity contribution is 6.09. The molecule has 11 rings (SSSR count). The number of fused-ring (bicyclic) bond motifs is 4. The maximum Gasteiger partial charge on any atom is 0.137 e. The van der Waals surface area contributed by atoms with Crippen molar-refractivity contribution in [2.24, 2.45) is 0 Å². The van der Waals surface area contributed by atoms with Crippen LogP contribution in [0.25, 0.3) is 27.6 Å². The number of ether oxygens (including phenoxy) is 1. The summed E-state index contributed by atoms with van der Waals surface area (Å²) in [5, 5.41) is 2.32. The molecule has 358 valence electrons. The fourth-order valence-corrected chi connectivity index (χ4v) is 10.8. The third-order valence-corrected chi connectivity index (χ3v) is 15.6. The van der Waals surface area contributed by atoms with Gasteiger partial charge < -0.3 is 14.5 Å². The average Bonchev–Trinajstić information content (AvgIpc) is 3.95. The third kappa shape index (κ3) is 8.31. The number of hydrogen-bond donors (Lipinski definition) is 0. The molecular formula is C67H64N4O. The monoisotopic (exact) mass is 941 g/mol. The van der Waals surface area contributed by atoms with Crippen molar-refractivity contribution < 1.29 is 4.74 Å². The van der Waals surface area contributed by atoms with Crippen molar-refractivity contribution in [1.29, 1.82) is 0 Å². The first kappa shape index (κ1) is 46.5. The highest BCUT2D eigenvalue weighted by Gasteiger charge is 2.34. The molecule has 72 heavy (non-hydrogen) atoms. The van der Waals surface area contributed by atoms with Gasteiger partial charge in [-0.05, 0) is 111 Å². The van der Waals surface area contributed by atoms with E-state index >= 15 is 0 Å². The van der Waals surface area contributed by atoms with Gasteiger partial charge in [-0.1, -0.05) is 190 Å². The van der Waals surface area contributed by atoms with Crippen LogP contribution in [0.1, 0.15) is 101 Å².